The Labute approximate surface area is 682 Å². The van der Waals surface area contributed by atoms with Gasteiger partial charge in [-0.15, -0.1) is 0 Å². The summed E-state index contributed by atoms with van der Waals surface area (Å²) in [6.07, 6.45) is 80.4. The SMILES string of the molecule is C1CCC([PH+](C2CCCCC2)C2CCCCC2)CC1.C1CCC([PH+](C2CCCCC2)C2CCCCC2)CC1.C1CCC([PH+](C2CCCCC2)C2CCCCC2)CC1.C1CCCCC1.Cc1cc(C)c(N2[CH-]N(c3c(C)cc(C)cc3C)CC2)c(C)c1.[Cl][Ru]([Cl])=[CH]c1ccccc1.[Cl][Ru]([Cl])=[CH]c1ccccc1. The van der Waals surface area contributed by atoms with Crippen molar-refractivity contribution in [3.05, 3.63) is 136 Å². The van der Waals surface area contributed by atoms with Crippen LogP contribution in [0.3, 0.4) is 0 Å². The molecular formula is C95H153Cl4N2P3Ru2+2. The molecule has 10 aliphatic carbocycles. The van der Waals surface area contributed by atoms with Crippen LogP contribution in [0.5, 0.6) is 0 Å². The van der Waals surface area contributed by atoms with Crippen LogP contribution in [-0.2, 0) is 27.0 Å². The standard InChI is InChI=1S/C21H27N2.3C18H33P.2C7H6.C6H12.4ClH.2Ru/c1-14-9-16(3)20(17(4)10-14)22-7-8-23(13-22)21-18(5)11-15(2)12-19(21)6;3*1-4-10-16(11-5-1)19(17-12-6-2-7-13-17)18-14-8-3-9-15-18;2*1-7-5-3-2-4-6-7;1-2-4-6-5-3-1;;;;;;/h9-13H,7-8H2,1-6H3;3*16-18H,1-15H2;2*1-6H;1-6H2;4*1H;;/q-1;;;;;;;;;;;2*+2/p-1. The molecule has 0 radical (unpaired) electrons. The van der Waals surface area contributed by atoms with E-state index in [4.69, 9.17) is 38.8 Å². The molecule has 11 heteroatoms. The van der Waals surface area contributed by atoms with Gasteiger partial charge in [-0.1, -0.05) is 132 Å². The van der Waals surface area contributed by atoms with Crippen LogP contribution in [0.4, 0.5) is 11.4 Å². The van der Waals surface area contributed by atoms with Crippen LogP contribution in [0.15, 0.2) is 84.9 Å². The molecule has 0 spiro atoms. The van der Waals surface area contributed by atoms with Gasteiger partial charge in [-0.05, 0) is 295 Å². The van der Waals surface area contributed by atoms with E-state index in [1.165, 1.54) is 134 Å². The van der Waals surface area contributed by atoms with E-state index in [-0.39, 0.29) is 23.8 Å². The van der Waals surface area contributed by atoms with Gasteiger partial charge >= 0.3 is 147 Å². The van der Waals surface area contributed by atoms with Crippen LogP contribution in [0.2, 0.25) is 0 Å². The summed E-state index contributed by atoms with van der Waals surface area (Å²) in [5.41, 5.74) is 24.1. The zero-order valence-corrected chi connectivity index (χ0v) is 77.6. The molecule has 106 heavy (non-hydrogen) atoms. The number of benzene rings is 4. The van der Waals surface area contributed by atoms with Gasteiger partial charge in [0.2, 0.25) is 0 Å². The van der Waals surface area contributed by atoms with Gasteiger partial charge in [0.05, 0.1) is 50.9 Å². The van der Waals surface area contributed by atoms with Crippen molar-refractivity contribution in [3.63, 3.8) is 0 Å². The topological polar surface area (TPSA) is 6.48 Å². The Hall–Kier alpha value is -0.0832. The number of aryl methyl sites for hydroxylation is 6. The number of hydrogen-bond donors (Lipinski definition) is 0. The average Bonchev–Trinajstić information content (AvgIpc) is 1.73. The summed E-state index contributed by atoms with van der Waals surface area (Å²) < 4.78 is 3.85. The molecule has 600 valence electrons. The van der Waals surface area contributed by atoms with Gasteiger partial charge < -0.3 is 9.80 Å². The zero-order chi connectivity index (χ0) is 74.5. The summed E-state index contributed by atoms with van der Waals surface area (Å²) in [6.45, 7) is 17.6. The summed E-state index contributed by atoms with van der Waals surface area (Å²) in [7, 11) is 22.5. The van der Waals surface area contributed by atoms with Crippen molar-refractivity contribution in [1.29, 1.82) is 0 Å². The molecule has 0 amide bonds. The fourth-order valence-electron chi connectivity index (χ4n) is 22.3. The second-order valence-corrected chi connectivity index (χ2v) is 56.9. The average molecular weight is 1760 g/mol. The summed E-state index contributed by atoms with van der Waals surface area (Å²) in [5, 5.41) is 0. The van der Waals surface area contributed by atoms with E-state index in [1.54, 1.807) is 289 Å². The second kappa shape index (κ2) is 51.8. The van der Waals surface area contributed by atoms with Crippen molar-refractivity contribution in [2.75, 3.05) is 22.9 Å². The first-order valence-corrected chi connectivity index (χ1v) is 60.8. The fourth-order valence-corrected chi connectivity index (χ4v) is 41.6. The predicted octanol–water partition coefficient (Wildman–Crippen LogP) is 31.4. The first-order chi connectivity index (χ1) is 51.8. The van der Waals surface area contributed by atoms with Gasteiger partial charge in [0, 0.05) is 48.2 Å². The molecule has 0 aromatic heterocycles. The maximum atomic E-state index is 5.67. The Bertz CT molecular complexity index is 2610. The molecule has 11 fully saturated rings. The minimum absolute atomic E-state index is 0.0465. The minimum atomic E-state index is -1.61. The Morgan fingerprint density at radius 3 is 0.613 bits per heavy atom. The number of halogens is 4. The van der Waals surface area contributed by atoms with Crippen molar-refractivity contribution in [2.45, 2.75) is 420 Å². The second-order valence-electron chi connectivity index (χ2n) is 35.1. The van der Waals surface area contributed by atoms with Crippen LogP contribution in [-0.4, -0.2) is 73.2 Å². The monoisotopic (exact) mass is 1760 g/mol. The molecule has 0 unspecified atom stereocenters. The number of rotatable bonds is 13. The van der Waals surface area contributed by atoms with E-state index < -0.39 is 27.0 Å². The van der Waals surface area contributed by atoms with Gasteiger partial charge in [0.1, 0.15) is 0 Å². The normalized spacial score (nSPS) is 22.1. The van der Waals surface area contributed by atoms with Gasteiger partial charge in [0.15, 0.2) is 0 Å². The molecule has 4 aromatic carbocycles. The van der Waals surface area contributed by atoms with Crippen molar-refractivity contribution in [2.24, 2.45) is 0 Å². The van der Waals surface area contributed by atoms with Crippen molar-refractivity contribution in [3.8, 4) is 0 Å². The third-order valence-corrected chi connectivity index (χ3v) is 44.3. The molecule has 1 heterocycles. The molecule has 0 atom stereocenters. The van der Waals surface area contributed by atoms with Crippen LogP contribution >= 0.6 is 62.5 Å². The Morgan fingerprint density at radius 1 is 0.274 bits per heavy atom. The van der Waals surface area contributed by atoms with Crippen LogP contribution in [0.1, 0.15) is 372 Å². The van der Waals surface area contributed by atoms with E-state index in [0.717, 1.165) is 24.2 Å². The Morgan fingerprint density at radius 2 is 0.443 bits per heavy atom. The van der Waals surface area contributed by atoms with Crippen molar-refractivity contribution in [1.82, 2.24) is 0 Å². The third-order valence-electron chi connectivity index (χ3n) is 26.9. The molecule has 1 aliphatic heterocycles. The van der Waals surface area contributed by atoms with E-state index in [9.17, 15) is 0 Å². The number of hydrogen-bond acceptors (Lipinski definition) is 2. The van der Waals surface area contributed by atoms with Gasteiger partial charge in [-0.25, -0.2) is 0 Å². The first-order valence-electron chi connectivity index (χ1n) is 44.7. The summed E-state index contributed by atoms with van der Waals surface area (Å²) in [6, 6.07) is 28.9. The van der Waals surface area contributed by atoms with Crippen LogP contribution in [0, 0.1) is 48.2 Å². The zero-order valence-electron chi connectivity index (χ0n) is 68.1. The molecule has 15 rings (SSSR count). The van der Waals surface area contributed by atoms with Gasteiger partial charge in [0.25, 0.3) is 0 Å². The first kappa shape index (κ1) is 89.8. The van der Waals surface area contributed by atoms with E-state index in [0.29, 0.717) is 0 Å². The van der Waals surface area contributed by atoms with Crippen LogP contribution in [0.25, 0.3) is 0 Å². The molecule has 4 aromatic rings. The van der Waals surface area contributed by atoms with E-state index in [2.05, 4.69) is 82.3 Å². The van der Waals surface area contributed by atoms with E-state index >= 15 is 0 Å². The Kier molecular flexibility index (Phi) is 43.9. The molecular weight excluding hydrogens is 1610 g/mol. The van der Waals surface area contributed by atoms with Crippen molar-refractivity contribution < 1.29 is 27.0 Å². The van der Waals surface area contributed by atoms with Gasteiger partial charge in [-0.3, -0.25) is 0 Å². The number of nitrogens with zero attached hydrogens (tertiary/aromatic N) is 2. The quantitative estimate of drug-likeness (QED) is 0.0748. The molecule has 11 aliphatic rings. The van der Waals surface area contributed by atoms with Crippen molar-refractivity contribution >= 4 is 83.1 Å². The molecule has 1 saturated heterocycles. The molecule has 2 nitrogen and oxygen atoms in total. The summed E-state index contributed by atoms with van der Waals surface area (Å²) in [4.78, 5) is 4.81. The fraction of sp³-hybridized carbons (Fsp3) is 0.716. The third kappa shape index (κ3) is 31.5. The van der Waals surface area contributed by atoms with E-state index in [1.807, 2.05) is 69.9 Å². The predicted molar refractivity (Wildman–Crippen MR) is 481 cm³/mol. The summed E-state index contributed by atoms with van der Waals surface area (Å²) in [5.74, 6) is 0. The molecule has 0 bridgehead atoms. The molecule has 10 saturated carbocycles. The van der Waals surface area contributed by atoms with Gasteiger partial charge in [-0.2, -0.15) is 6.67 Å². The summed E-state index contributed by atoms with van der Waals surface area (Å²) >= 11 is -3.23. The Balaban J connectivity index is 0.000000147. The molecule has 0 N–H and O–H groups in total. The van der Waals surface area contributed by atoms with Crippen LogP contribution < -0.4 is 9.80 Å². The maximum absolute atomic E-state index is 5.67. The number of anilines is 2.